The summed E-state index contributed by atoms with van der Waals surface area (Å²) in [5.41, 5.74) is 1.63. The van der Waals surface area contributed by atoms with Gasteiger partial charge < -0.3 is 10.4 Å². The molecule has 0 spiro atoms. The molecule has 0 aliphatic carbocycles. The summed E-state index contributed by atoms with van der Waals surface area (Å²) in [6, 6.07) is 7.35. The third kappa shape index (κ3) is 3.35. The maximum atomic E-state index is 11.1. The minimum atomic E-state index is 0.0446. The molecular weight excluding hydrogens is 202 g/mol. The Hall–Kier alpha value is -1.35. The summed E-state index contributed by atoms with van der Waals surface area (Å²) >= 11 is 0. The normalized spacial score (nSPS) is 12.6. The number of aliphatic hydroxyl groups excluding tert-OH is 1. The first-order valence-electron chi connectivity index (χ1n) is 5.53. The van der Waals surface area contributed by atoms with E-state index in [1.54, 1.807) is 19.1 Å². The second-order valence-corrected chi connectivity index (χ2v) is 4.31. The van der Waals surface area contributed by atoms with Gasteiger partial charge in [-0.25, -0.2) is 0 Å². The first-order valence-corrected chi connectivity index (χ1v) is 5.53. The van der Waals surface area contributed by atoms with Gasteiger partial charge in [-0.3, -0.25) is 4.79 Å². The summed E-state index contributed by atoms with van der Waals surface area (Å²) in [6.07, 6.45) is 0. The molecule has 0 fully saturated rings. The average Bonchev–Trinajstić information content (AvgIpc) is 2.26. The highest BCUT2D eigenvalue weighted by atomic mass is 16.3. The second kappa shape index (κ2) is 5.66. The van der Waals surface area contributed by atoms with Crippen molar-refractivity contribution in [3.63, 3.8) is 0 Å². The van der Waals surface area contributed by atoms with Gasteiger partial charge in [-0.15, -0.1) is 0 Å². The molecule has 0 amide bonds. The molecular formula is C13H19NO2. The number of carbonyl (C=O) groups is 1. The van der Waals surface area contributed by atoms with E-state index in [2.05, 4.69) is 19.2 Å². The van der Waals surface area contributed by atoms with Crippen molar-refractivity contribution in [2.24, 2.45) is 5.92 Å². The van der Waals surface area contributed by atoms with Gasteiger partial charge in [0.25, 0.3) is 0 Å². The quantitative estimate of drug-likeness (QED) is 0.750. The first kappa shape index (κ1) is 12.7. The van der Waals surface area contributed by atoms with E-state index in [0.29, 0.717) is 11.5 Å². The van der Waals surface area contributed by atoms with Crippen LogP contribution in [-0.4, -0.2) is 23.5 Å². The number of anilines is 1. The Balaban J connectivity index is 2.71. The zero-order valence-corrected chi connectivity index (χ0v) is 10.0. The maximum absolute atomic E-state index is 11.1. The second-order valence-electron chi connectivity index (χ2n) is 4.31. The fourth-order valence-electron chi connectivity index (χ4n) is 1.44. The number of nitrogens with one attached hydrogen (secondary N) is 1. The zero-order chi connectivity index (χ0) is 12.1. The lowest BCUT2D eigenvalue weighted by Crippen LogP contribution is -2.29. The van der Waals surface area contributed by atoms with Gasteiger partial charge in [-0.2, -0.15) is 0 Å². The molecule has 0 heterocycles. The molecule has 1 rings (SSSR count). The standard InChI is InChI=1S/C13H19NO2/c1-9(2)13(8-15)14-12-6-4-11(5-7-12)10(3)16/h4-7,9,13-15H,8H2,1-3H3. The summed E-state index contributed by atoms with van der Waals surface area (Å²) in [6.45, 7) is 5.76. The van der Waals surface area contributed by atoms with Crippen molar-refractivity contribution in [2.45, 2.75) is 26.8 Å². The predicted octanol–water partition coefficient (Wildman–Crippen LogP) is 2.32. The van der Waals surface area contributed by atoms with E-state index in [4.69, 9.17) is 0 Å². The van der Waals surface area contributed by atoms with Crippen molar-refractivity contribution < 1.29 is 9.90 Å². The number of benzene rings is 1. The predicted molar refractivity (Wildman–Crippen MR) is 65.8 cm³/mol. The molecule has 1 aromatic carbocycles. The number of carbonyl (C=O) groups excluding carboxylic acids is 1. The van der Waals surface area contributed by atoms with E-state index in [0.717, 1.165) is 5.69 Å². The van der Waals surface area contributed by atoms with Crippen LogP contribution in [0.25, 0.3) is 0 Å². The molecule has 3 heteroatoms. The van der Waals surface area contributed by atoms with Gasteiger partial charge in [0.2, 0.25) is 0 Å². The Bertz CT molecular complexity index is 343. The first-order chi connectivity index (χ1) is 7.54. The molecule has 1 atom stereocenters. The average molecular weight is 221 g/mol. The lowest BCUT2D eigenvalue weighted by atomic mass is 10.0. The van der Waals surface area contributed by atoms with Crippen LogP contribution in [0.3, 0.4) is 0 Å². The van der Waals surface area contributed by atoms with Gasteiger partial charge in [0, 0.05) is 11.3 Å². The molecule has 16 heavy (non-hydrogen) atoms. The van der Waals surface area contributed by atoms with E-state index < -0.39 is 0 Å². The van der Waals surface area contributed by atoms with Crippen LogP contribution < -0.4 is 5.32 Å². The Kier molecular flexibility index (Phi) is 4.50. The zero-order valence-electron chi connectivity index (χ0n) is 10.0. The molecule has 3 nitrogen and oxygen atoms in total. The van der Waals surface area contributed by atoms with Crippen molar-refractivity contribution in [1.29, 1.82) is 0 Å². The summed E-state index contributed by atoms with van der Waals surface area (Å²) < 4.78 is 0. The van der Waals surface area contributed by atoms with E-state index >= 15 is 0 Å². The van der Waals surface area contributed by atoms with Gasteiger partial charge in [-0.1, -0.05) is 13.8 Å². The van der Waals surface area contributed by atoms with E-state index in [-0.39, 0.29) is 18.4 Å². The van der Waals surface area contributed by atoms with Crippen LogP contribution in [0.1, 0.15) is 31.1 Å². The molecule has 1 unspecified atom stereocenters. The molecule has 0 aliphatic heterocycles. The highest BCUT2D eigenvalue weighted by Gasteiger charge is 2.11. The van der Waals surface area contributed by atoms with Crippen molar-refractivity contribution in [3.8, 4) is 0 Å². The number of aliphatic hydroxyl groups is 1. The molecule has 0 radical (unpaired) electrons. The lowest BCUT2D eigenvalue weighted by molar-refractivity contribution is 0.101. The minimum Gasteiger partial charge on any atom is -0.394 e. The lowest BCUT2D eigenvalue weighted by Gasteiger charge is -2.21. The topological polar surface area (TPSA) is 49.3 Å². The SMILES string of the molecule is CC(=O)c1ccc(NC(CO)C(C)C)cc1. The Morgan fingerprint density at radius 2 is 1.88 bits per heavy atom. The van der Waals surface area contributed by atoms with Crippen LogP contribution >= 0.6 is 0 Å². The summed E-state index contributed by atoms with van der Waals surface area (Å²) in [4.78, 5) is 11.1. The van der Waals surface area contributed by atoms with Crippen LogP contribution in [0.2, 0.25) is 0 Å². The number of ketones is 1. The number of hydrogen-bond donors (Lipinski definition) is 2. The molecule has 88 valence electrons. The highest BCUT2D eigenvalue weighted by molar-refractivity contribution is 5.94. The van der Waals surface area contributed by atoms with Crippen LogP contribution in [0.15, 0.2) is 24.3 Å². The van der Waals surface area contributed by atoms with Gasteiger partial charge >= 0.3 is 0 Å². The molecule has 0 saturated carbocycles. The van der Waals surface area contributed by atoms with E-state index in [9.17, 15) is 9.90 Å². The van der Waals surface area contributed by atoms with Gasteiger partial charge in [0.15, 0.2) is 5.78 Å². The van der Waals surface area contributed by atoms with Gasteiger partial charge in [-0.05, 0) is 37.1 Å². The summed E-state index contributed by atoms with van der Waals surface area (Å²) in [7, 11) is 0. The van der Waals surface area contributed by atoms with Crippen molar-refractivity contribution in [2.75, 3.05) is 11.9 Å². The molecule has 0 bridgehead atoms. The molecule has 0 aromatic heterocycles. The van der Waals surface area contributed by atoms with Crippen LogP contribution in [-0.2, 0) is 0 Å². The third-order valence-electron chi connectivity index (χ3n) is 2.64. The third-order valence-corrected chi connectivity index (χ3v) is 2.64. The Morgan fingerprint density at radius 3 is 2.25 bits per heavy atom. The van der Waals surface area contributed by atoms with E-state index in [1.165, 1.54) is 0 Å². The molecule has 2 N–H and O–H groups in total. The summed E-state index contributed by atoms with van der Waals surface area (Å²) in [5, 5.41) is 12.4. The van der Waals surface area contributed by atoms with Crippen molar-refractivity contribution in [1.82, 2.24) is 0 Å². The fourth-order valence-corrected chi connectivity index (χ4v) is 1.44. The monoisotopic (exact) mass is 221 g/mol. The number of hydrogen-bond acceptors (Lipinski definition) is 3. The van der Waals surface area contributed by atoms with Crippen LogP contribution in [0.5, 0.6) is 0 Å². The van der Waals surface area contributed by atoms with Crippen LogP contribution in [0.4, 0.5) is 5.69 Å². The summed E-state index contributed by atoms with van der Waals surface area (Å²) in [5.74, 6) is 0.423. The molecule has 0 aliphatic rings. The maximum Gasteiger partial charge on any atom is 0.159 e. The highest BCUT2D eigenvalue weighted by Crippen LogP contribution is 2.14. The van der Waals surface area contributed by atoms with Crippen molar-refractivity contribution in [3.05, 3.63) is 29.8 Å². The van der Waals surface area contributed by atoms with Gasteiger partial charge in [0.1, 0.15) is 0 Å². The van der Waals surface area contributed by atoms with Gasteiger partial charge in [0.05, 0.1) is 12.6 Å². The fraction of sp³-hybridized carbons (Fsp3) is 0.462. The number of rotatable bonds is 5. The number of Topliss-reactive ketones (excluding diaryl/α,β-unsaturated/α-hetero) is 1. The van der Waals surface area contributed by atoms with Crippen molar-refractivity contribution >= 4 is 11.5 Å². The Labute approximate surface area is 96.5 Å². The van der Waals surface area contributed by atoms with Crippen LogP contribution in [0, 0.1) is 5.92 Å². The van der Waals surface area contributed by atoms with E-state index in [1.807, 2.05) is 12.1 Å². The Morgan fingerprint density at radius 1 is 1.31 bits per heavy atom. The minimum absolute atomic E-state index is 0.0446. The molecule has 1 aromatic rings. The molecule has 0 saturated heterocycles. The smallest absolute Gasteiger partial charge is 0.159 e. The largest absolute Gasteiger partial charge is 0.394 e.